The van der Waals surface area contributed by atoms with Crippen LogP contribution in [0.4, 0.5) is 0 Å². The third kappa shape index (κ3) is 3.29. The Bertz CT molecular complexity index is 1000. The zero-order valence-corrected chi connectivity index (χ0v) is 16.6. The Balaban J connectivity index is 1.59. The first kappa shape index (κ1) is 19.0. The first-order valence-corrected chi connectivity index (χ1v) is 10.8. The van der Waals surface area contributed by atoms with Crippen LogP contribution in [0, 0.1) is 0 Å². The van der Waals surface area contributed by atoms with Crippen LogP contribution in [0.2, 0.25) is 0 Å². The number of carbonyl (C=O) groups excluding carboxylic acids is 1. The molecule has 4 rings (SSSR count). The number of hydrogen-bond donors (Lipinski definition) is 0. The minimum atomic E-state index is -3.69. The molecule has 2 aliphatic heterocycles. The molecule has 0 saturated carbocycles. The van der Waals surface area contributed by atoms with Crippen molar-refractivity contribution in [3.05, 3.63) is 54.1 Å². The van der Waals surface area contributed by atoms with Crippen molar-refractivity contribution in [1.29, 1.82) is 0 Å². The summed E-state index contributed by atoms with van der Waals surface area (Å²) in [4.78, 5) is 12.8. The molecule has 1 unspecified atom stereocenters. The maximum Gasteiger partial charge on any atom is 0.246 e. The quantitative estimate of drug-likeness (QED) is 0.789. The lowest BCUT2D eigenvalue weighted by molar-refractivity contribution is 0.0312. The SMILES string of the molecule is COc1ccccc1S(=O)(=O)N1CCCC2(CC1)CC(=O)c1ccccc1O2. The summed E-state index contributed by atoms with van der Waals surface area (Å²) >= 11 is 0. The van der Waals surface area contributed by atoms with Gasteiger partial charge in [-0.1, -0.05) is 24.3 Å². The van der Waals surface area contributed by atoms with Gasteiger partial charge in [0.15, 0.2) is 5.78 Å². The molecule has 0 bridgehead atoms. The lowest BCUT2D eigenvalue weighted by Crippen LogP contribution is -2.43. The summed E-state index contributed by atoms with van der Waals surface area (Å²) in [7, 11) is -2.23. The van der Waals surface area contributed by atoms with Gasteiger partial charge in [0.1, 0.15) is 22.0 Å². The number of para-hydroxylation sites is 2. The van der Waals surface area contributed by atoms with Crippen LogP contribution in [0.3, 0.4) is 0 Å². The van der Waals surface area contributed by atoms with E-state index in [4.69, 9.17) is 9.47 Å². The highest BCUT2D eigenvalue weighted by Gasteiger charge is 2.43. The summed E-state index contributed by atoms with van der Waals surface area (Å²) < 4.78 is 39.4. The summed E-state index contributed by atoms with van der Waals surface area (Å²) in [5, 5.41) is 0. The Hall–Kier alpha value is -2.38. The van der Waals surface area contributed by atoms with Crippen LogP contribution in [0.25, 0.3) is 0 Å². The standard InChI is InChI=1S/C21H23NO5S/c1-26-19-9-4-5-10-20(19)28(24,25)22-13-6-11-21(12-14-22)15-17(23)16-7-2-3-8-18(16)27-21/h2-5,7-10H,6,11-15H2,1H3. The van der Waals surface area contributed by atoms with Gasteiger partial charge in [0.25, 0.3) is 0 Å². The average molecular weight is 401 g/mol. The van der Waals surface area contributed by atoms with Gasteiger partial charge in [-0.2, -0.15) is 4.31 Å². The van der Waals surface area contributed by atoms with Crippen molar-refractivity contribution < 1.29 is 22.7 Å². The minimum Gasteiger partial charge on any atom is -0.495 e. The number of Topliss-reactive ketones (excluding diaryl/α,β-unsaturated/α-hetero) is 1. The summed E-state index contributed by atoms with van der Waals surface area (Å²) in [6.07, 6.45) is 2.03. The van der Waals surface area contributed by atoms with Crippen LogP contribution in [-0.2, 0) is 10.0 Å². The van der Waals surface area contributed by atoms with Gasteiger partial charge in [0, 0.05) is 19.5 Å². The number of sulfonamides is 1. The molecule has 0 aliphatic carbocycles. The van der Waals surface area contributed by atoms with Gasteiger partial charge in [-0.25, -0.2) is 8.42 Å². The van der Waals surface area contributed by atoms with E-state index in [0.29, 0.717) is 49.4 Å². The van der Waals surface area contributed by atoms with E-state index in [0.717, 1.165) is 0 Å². The third-order valence-electron chi connectivity index (χ3n) is 5.54. The van der Waals surface area contributed by atoms with Crippen molar-refractivity contribution in [3.63, 3.8) is 0 Å². The molecule has 7 heteroatoms. The number of methoxy groups -OCH3 is 1. The average Bonchev–Trinajstić information content (AvgIpc) is 2.91. The van der Waals surface area contributed by atoms with Gasteiger partial charge in [0.2, 0.25) is 10.0 Å². The number of nitrogens with zero attached hydrogens (tertiary/aromatic N) is 1. The number of benzene rings is 2. The maximum atomic E-state index is 13.2. The minimum absolute atomic E-state index is 0.0582. The number of hydrogen-bond acceptors (Lipinski definition) is 5. The molecular weight excluding hydrogens is 378 g/mol. The summed E-state index contributed by atoms with van der Waals surface area (Å²) in [6.45, 7) is 0.692. The van der Waals surface area contributed by atoms with E-state index in [2.05, 4.69) is 0 Å². The Morgan fingerprint density at radius 2 is 1.79 bits per heavy atom. The van der Waals surface area contributed by atoms with Crippen molar-refractivity contribution >= 4 is 15.8 Å². The fourth-order valence-electron chi connectivity index (χ4n) is 4.08. The highest BCUT2D eigenvalue weighted by molar-refractivity contribution is 7.89. The normalized spacial score (nSPS) is 23.0. The zero-order valence-electron chi connectivity index (χ0n) is 15.8. The molecule has 148 valence electrons. The molecule has 28 heavy (non-hydrogen) atoms. The van der Waals surface area contributed by atoms with Gasteiger partial charge < -0.3 is 9.47 Å². The number of ether oxygens (including phenoxy) is 2. The van der Waals surface area contributed by atoms with Crippen molar-refractivity contribution in [2.24, 2.45) is 0 Å². The van der Waals surface area contributed by atoms with Crippen molar-refractivity contribution in [3.8, 4) is 11.5 Å². The van der Waals surface area contributed by atoms with Crippen LogP contribution in [0.5, 0.6) is 11.5 Å². The topological polar surface area (TPSA) is 72.9 Å². The Morgan fingerprint density at radius 3 is 2.61 bits per heavy atom. The molecule has 0 amide bonds. The molecule has 1 spiro atoms. The largest absolute Gasteiger partial charge is 0.495 e. The van der Waals surface area contributed by atoms with Gasteiger partial charge in [0.05, 0.1) is 19.1 Å². The van der Waals surface area contributed by atoms with E-state index in [9.17, 15) is 13.2 Å². The number of fused-ring (bicyclic) bond motifs is 1. The summed E-state index contributed by atoms with van der Waals surface area (Å²) in [6, 6.07) is 13.9. The first-order chi connectivity index (χ1) is 13.5. The maximum absolute atomic E-state index is 13.2. The molecule has 6 nitrogen and oxygen atoms in total. The summed E-state index contributed by atoms with van der Waals surface area (Å²) in [5.74, 6) is 0.988. The Kier molecular flexibility index (Phi) is 4.89. The Morgan fingerprint density at radius 1 is 1.04 bits per heavy atom. The Labute approximate surface area is 165 Å². The molecule has 0 aromatic heterocycles. The van der Waals surface area contributed by atoms with Crippen molar-refractivity contribution in [1.82, 2.24) is 4.31 Å². The van der Waals surface area contributed by atoms with E-state index in [1.807, 2.05) is 18.2 Å². The third-order valence-corrected chi connectivity index (χ3v) is 7.48. The number of rotatable bonds is 3. The first-order valence-electron chi connectivity index (χ1n) is 9.40. The van der Waals surface area contributed by atoms with E-state index in [-0.39, 0.29) is 17.1 Å². The molecule has 0 N–H and O–H groups in total. The molecule has 1 saturated heterocycles. The van der Waals surface area contributed by atoms with E-state index in [1.165, 1.54) is 11.4 Å². The van der Waals surface area contributed by atoms with Crippen molar-refractivity contribution in [2.45, 2.75) is 36.2 Å². The highest BCUT2D eigenvalue weighted by Crippen LogP contribution is 2.40. The molecular formula is C21H23NO5S. The fraction of sp³-hybridized carbons (Fsp3) is 0.381. The molecule has 0 radical (unpaired) electrons. The number of carbonyl (C=O) groups is 1. The van der Waals surface area contributed by atoms with Gasteiger partial charge in [-0.3, -0.25) is 4.79 Å². The second-order valence-electron chi connectivity index (χ2n) is 7.29. The second kappa shape index (κ2) is 7.22. The van der Waals surface area contributed by atoms with E-state index >= 15 is 0 Å². The zero-order chi connectivity index (χ0) is 19.8. The van der Waals surface area contributed by atoms with E-state index in [1.54, 1.807) is 30.3 Å². The lowest BCUT2D eigenvalue weighted by Gasteiger charge is -2.37. The molecule has 2 aromatic rings. The van der Waals surface area contributed by atoms with Crippen LogP contribution in [-0.4, -0.2) is 44.3 Å². The molecule has 2 heterocycles. The molecule has 2 aromatic carbocycles. The predicted molar refractivity (Wildman–Crippen MR) is 104 cm³/mol. The molecule has 2 aliphatic rings. The number of ketones is 1. The lowest BCUT2D eigenvalue weighted by atomic mass is 9.84. The molecule has 1 fully saturated rings. The van der Waals surface area contributed by atoms with Gasteiger partial charge >= 0.3 is 0 Å². The summed E-state index contributed by atoms with van der Waals surface area (Å²) in [5.41, 5.74) is -0.0351. The predicted octanol–water partition coefficient (Wildman–Crippen LogP) is 3.27. The van der Waals surface area contributed by atoms with Crippen molar-refractivity contribution in [2.75, 3.05) is 20.2 Å². The monoisotopic (exact) mass is 401 g/mol. The molecule has 1 atom stereocenters. The second-order valence-corrected chi connectivity index (χ2v) is 9.20. The highest BCUT2D eigenvalue weighted by atomic mass is 32.2. The van der Waals surface area contributed by atoms with Gasteiger partial charge in [-0.05, 0) is 37.1 Å². The van der Waals surface area contributed by atoms with Gasteiger partial charge in [-0.15, -0.1) is 0 Å². The van der Waals surface area contributed by atoms with Crippen LogP contribution < -0.4 is 9.47 Å². The van der Waals surface area contributed by atoms with E-state index < -0.39 is 15.6 Å². The van der Waals surface area contributed by atoms with Crippen LogP contribution in [0.15, 0.2) is 53.4 Å². The smallest absolute Gasteiger partial charge is 0.246 e. The van der Waals surface area contributed by atoms with Crippen LogP contribution in [0.1, 0.15) is 36.0 Å². The van der Waals surface area contributed by atoms with Crippen LogP contribution >= 0.6 is 0 Å². The fourth-order valence-corrected chi connectivity index (χ4v) is 5.71.